The number of aromatic nitrogens is 4. The van der Waals surface area contributed by atoms with E-state index in [1.807, 2.05) is 19.1 Å². The highest BCUT2D eigenvalue weighted by molar-refractivity contribution is 7.20. The normalized spacial score (nSPS) is 11.1. The van der Waals surface area contributed by atoms with Crippen LogP contribution in [0.2, 0.25) is 0 Å². The Morgan fingerprint density at radius 3 is 2.67 bits per heavy atom. The Labute approximate surface area is 159 Å². The predicted octanol–water partition coefficient (Wildman–Crippen LogP) is 4.22. The molecule has 0 saturated heterocycles. The molecule has 0 fully saturated rings. The van der Waals surface area contributed by atoms with Crippen molar-refractivity contribution < 1.29 is 14.3 Å². The van der Waals surface area contributed by atoms with Crippen molar-refractivity contribution >= 4 is 38.6 Å². The summed E-state index contributed by atoms with van der Waals surface area (Å²) in [6.45, 7) is 5.74. The fraction of sp³-hybridized carbons (Fsp3) is 0.211. The Balaban J connectivity index is 1.81. The van der Waals surface area contributed by atoms with Crippen LogP contribution in [0.1, 0.15) is 28.0 Å². The second-order valence-electron chi connectivity index (χ2n) is 5.84. The van der Waals surface area contributed by atoms with E-state index >= 15 is 0 Å². The Bertz CT molecular complexity index is 1170. The lowest BCUT2D eigenvalue weighted by Gasteiger charge is -2.08. The first kappa shape index (κ1) is 17.3. The van der Waals surface area contributed by atoms with Gasteiger partial charge in [-0.3, -0.25) is 9.97 Å². The maximum Gasteiger partial charge on any atom is 0.348 e. The van der Waals surface area contributed by atoms with Crippen LogP contribution in [-0.4, -0.2) is 32.5 Å². The summed E-state index contributed by atoms with van der Waals surface area (Å²) in [6, 6.07) is 5.46. The number of rotatable bonds is 4. The fourth-order valence-electron chi connectivity index (χ4n) is 2.79. The van der Waals surface area contributed by atoms with Crippen LogP contribution in [0.25, 0.3) is 21.3 Å². The summed E-state index contributed by atoms with van der Waals surface area (Å²) in [5.41, 5.74) is 2.26. The van der Waals surface area contributed by atoms with E-state index in [-0.39, 0.29) is 5.97 Å². The third kappa shape index (κ3) is 3.19. The summed E-state index contributed by atoms with van der Waals surface area (Å²) in [5, 5.41) is 0.716. The standard InChI is InChI=1S/C19H16N4O3S/c1-4-25-19(24)16-10(2)15-17(22-11(3)23-18(15)27-16)26-12-5-6-13-14(9-12)21-8-7-20-13/h5-9H,4H2,1-3H3. The SMILES string of the molecule is CCOC(=O)c1sc2nc(C)nc(Oc3ccc4nccnc4c3)c2c1C. The molecule has 7 nitrogen and oxygen atoms in total. The van der Waals surface area contributed by atoms with Gasteiger partial charge in [0.1, 0.15) is 21.3 Å². The van der Waals surface area contributed by atoms with Crippen molar-refractivity contribution in [1.82, 2.24) is 19.9 Å². The second-order valence-corrected chi connectivity index (χ2v) is 6.84. The van der Waals surface area contributed by atoms with Crippen LogP contribution in [-0.2, 0) is 4.74 Å². The van der Waals surface area contributed by atoms with Gasteiger partial charge in [-0.1, -0.05) is 0 Å². The average molecular weight is 380 g/mol. The molecule has 0 atom stereocenters. The van der Waals surface area contributed by atoms with Crippen LogP contribution in [0.4, 0.5) is 0 Å². The average Bonchev–Trinajstić information content (AvgIpc) is 2.98. The molecule has 1 aromatic carbocycles. The van der Waals surface area contributed by atoms with Crippen molar-refractivity contribution in [2.75, 3.05) is 6.61 Å². The van der Waals surface area contributed by atoms with Gasteiger partial charge < -0.3 is 9.47 Å². The van der Waals surface area contributed by atoms with E-state index in [1.54, 1.807) is 32.3 Å². The van der Waals surface area contributed by atoms with Gasteiger partial charge >= 0.3 is 5.97 Å². The number of thiophene rings is 1. The van der Waals surface area contributed by atoms with Gasteiger partial charge in [-0.2, -0.15) is 4.98 Å². The molecule has 27 heavy (non-hydrogen) atoms. The quantitative estimate of drug-likeness (QED) is 0.490. The molecule has 0 bridgehead atoms. The zero-order valence-corrected chi connectivity index (χ0v) is 15.8. The zero-order valence-electron chi connectivity index (χ0n) is 15.0. The molecule has 0 aliphatic carbocycles. The number of ether oxygens (including phenoxy) is 2. The van der Waals surface area contributed by atoms with E-state index in [2.05, 4.69) is 19.9 Å². The van der Waals surface area contributed by atoms with E-state index in [1.165, 1.54) is 11.3 Å². The number of hydrogen-bond acceptors (Lipinski definition) is 8. The minimum Gasteiger partial charge on any atom is -0.462 e. The highest BCUT2D eigenvalue weighted by atomic mass is 32.1. The minimum atomic E-state index is -0.359. The fourth-order valence-corrected chi connectivity index (χ4v) is 3.90. The molecule has 0 radical (unpaired) electrons. The third-order valence-electron chi connectivity index (χ3n) is 3.98. The van der Waals surface area contributed by atoms with Gasteiger partial charge in [-0.25, -0.2) is 9.78 Å². The summed E-state index contributed by atoms with van der Waals surface area (Å²) < 4.78 is 11.2. The van der Waals surface area contributed by atoms with Gasteiger partial charge in [0.05, 0.1) is 23.0 Å². The van der Waals surface area contributed by atoms with Crippen LogP contribution < -0.4 is 4.74 Å². The van der Waals surface area contributed by atoms with Crippen LogP contribution in [0, 0.1) is 13.8 Å². The van der Waals surface area contributed by atoms with Crippen LogP contribution >= 0.6 is 11.3 Å². The number of fused-ring (bicyclic) bond motifs is 2. The molecule has 0 spiro atoms. The van der Waals surface area contributed by atoms with E-state index in [4.69, 9.17) is 9.47 Å². The van der Waals surface area contributed by atoms with Crippen molar-refractivity contribution in [3.05, 3.63) is 46.9 Å². The largest absolute Gasteiger partial charge is 0.462 e. The highest BCUT2D eigenvalue weighted by Crippen LogP contribution is 2.37. The first-order valence-electron chi connectivity index (χ1n) is 8.40. The van der Waals surface area contributed by atoms with Crippen molar-refractivity contribution in [2.24, 2.45) is 0 Å². The first-order valence-corrected chi connectivity index (χ1v) is 9.22. The molecule has 0 aliphatic heterocycles. The number of hydrogen-bond donors (Lipinski definition) is 0. The number of aryl methyl sites for hydroxylation is 2. The number of esters is 1. The smallest absolute Gasteiger partial charge is 0.348 e. The topological polar surface area (TPSA) is 87.1 Å². The Kier molecular flexibility index (Phi) is 4.41. The van der Waals surface area contributed by atoms with Gasteiger partial charge in [0, 0.05) is 18.5 Å². The maximum absolute atomic E-state index is 12.2. The molecule has 3 heterocycles. The molecular weight excluding hydrogens is 364 g/mol. The number of carbonyl (C=O) groups is 1. The van der Waals surface area contributed by atoms with Crippen molar-refractivity contribution in [3.8, 4) is 11.6 Å². The molecule has 0 amide bonds. The van der Waals surface area contributed by atoms with E-state index < -0.39 is 0 Å². The second kappa shape index (κ2) is 6.88. The Morgan fingerprint density at radius 1 is 1.11 bits per heavy atom. The number of benzene rings is 1. The maximum atomic E-state index is 12.2. The highest BCUT2D eigenvalue weighted by Gasteiger charge is 2.22. The van der Waals surface area contributed by atoms with Gasteiger partial charge in [-0.05, 0) is 38.5 Å². The summed E-state index contributed by atoms with van der Waals surface area (Å²) >= 11 is 1.29. The van der Waals surface area contributed by atoms with E-state index in [0.717, 1.165) is 16.6 Å². The lowest BCUT2D eigenvalue weighted by Crippen LogP contribution is -2.03. The summed E-state index contributed by atoms with van der Waals surface area (Å²) in [5.74, 6) is 1.20. The number of nitrogens with zero attached hydrogens (tertiary/aromatic N) is 4. The van der Waals surface area contributed by atoms with Gasteiger partial charge in [0.2, 0.25) is 5.88 Å². The van der Waals surface area contributed by atoms with Gasteiger partial charge in [0.25, 0.3) is 0 Å². The molecule has 0 aliphatic rings. The van der Waals surface area contributed by atoms with Gasteiger partial charge in [0.15, 0.2) is 0 Å². The molecule has 0 saturated carbocycles. The lowest BCUT2D eigenvalue weighted by atomic mass is 10.2. The molecule has 3 aromatic heterocycles. The minimum absolute atomic E-state index is 0.318. The van der Waals surface area contributed by atoms with Gasteiger partial charge in [-0.15, -0.1) is 11.3 Å². The summed E-state index contributed by atoms with van der Waals surface area (Å²) in [4.78, 5) is 30.9. The van der Waals surface area contributed by atoms with Crippen molar-refractivity contribution in [1.29, 1.82) is 0 Å². The van der Waals surface area contributed by atoms with Crippen molar-refractivity contribution in [3.63, 3.8) is 0 Å². The molecule has 136 valence electrons. The monoisotopic (exact) mass is 380 g/mol. The molecule has 8 heteroatoms. The molecule has 4 rings (SSSR count). The lowest BCUT2D eigenvalue weighted by molar-refractivity contribution is 0.0531. The third-order valence-corrected chi connectivity index (χ3v) is 5.15. The predicted molar refractivity (Wildman–Crippen MR) is 102 cm³/mol. The number of carbonyl (C=O) groups excluding carboxylic acids is 1. The Hall–Kier alpha value is -3.13. The summed E-state index contributed by atoms with van der Waals surface area (Å²) in [7, 11) is 0. The van der Waals surface area contributed by atoms with Crippen LogP contribution in [0.5, 0.6) is 11.6 Å². The molecule has 0 unspecified atom stereocenters. The molecule has 0 N–H and O–H groups in total. The first-order chi connectivity index (χ1) is 13.1. The molecular formula is C19H16N4O3S. The van der Waals surface area contributed by atoms with E-state index in [0.29, 0.717) is 39.2 Å². The van der Waals surface area contributed by atoms with Crippen molar-refractivity contribution in [2.45, 2.75) is 20.8 Å². The van der Waals surface area contributed by atoms with Crippen LogP contribution in [0.3, 0.4) is 0 Å². The zero-order chi connectivity index (χ0) is 19.0. The van der Waals surface area contributed by atoms with E-state index in [9.17, 15) is 4.79 Å². The Morgan fingerprint density at radius 2 is 1.89 bits per heavy atom. The summed E-state index contributed by atoms with van der Waals surface area (Å²) in [6.07, 6.45) is 3.28. The molecule has 4 aromatic rings. The van der Waals surface area contributed by atoms with Crippen LogP contribution in [0.15, 0.2) is 30.6 Å².